The number of nitrogens with zero attached hydrogens (tertiary/aromatic N) is 1. The van der Waals surface area contributed by atoms with Crippen LogP contribution in [0.25, 0.3) is 0 Å². The van der Waals surface area contributed by atoms with Crippen LogP contribution in [0.5, 0.6) is 0 Å². The van der Waals surface area contributed by atoms with Crippen molar-refractivity contribution in [2.45, 2.75) is 39.7 Å². The van der Waals surface area contributed by atoms with Gasteiger partial charge in [0.25, 0.3) is 5.91 Å². The molecule has 1 aromatic heterocycles. The summed E-state index contributed by atoms with van der Waals surface area (Å²) in [6.45, 7) is 7.46. The number of amides is 2. The Morgan fingerprint density at radius 2 is 2.00 bits per heavy atom. The molecule has 5 heteroatoms. The van der Waals surface area contributed by atoms with Crippen molar-refractivity contribution >= 4 is 17.5 Å². The van der Waals surface area contributed by atoms with E-state index in [2.05, 4.69) is 15.6 Å². The molecule has 0 aromatic carbocycles. The van der Waals surface area contributed by atoms with Crippen LogP contribution in [-0.2, 0) is 4.79 Å². The van der Waals surface area contributed by atoms with Gasteiger partial charge in [-0.05, 0) is 32.9 Å². The highest BCUT2D eigenvalue weighted by atomic mass is 16.2. The Hall–Kier alpha value is -1.91. The third-order valence-electron chi connectivity index (χ3n) is 2.09. The summed E-state index contributed by atoms with van der Waals surface area (Å²) in [4.78, 5) is 27.1. The van der Waals surface area contributed by atoms with E-state index >= 15 is 0 Å². The highest BCUT2D eigenvalue weighted by molar-refractivity contribution is 5.95. The first kappa shape index (κ1) is 14.2. The maximum atomic E-state index is 11.9. The fourth-order valence-corrected chi connectivity index (χ4v) is 1.29. The van der Waals surface area contributed by atoms with Crippen molar-refractivity contribution < 1.29 is 9.59 Å². The molecule has 1 aromatic rings. The van der Waals surface area contributed by atoms with Crippen LogP contribution in [0.2, 0.25) is 0 Å². The van der Waals surface area contributed by atoms with Gasteiger partial charge in [0.1, 0.15) is 5.69 Å². The van der Waals surface area contributed by atoms with Crippen molar-refractivity contribution in [2.24, 2.45) is 0 Å². The zero-order valence-electron chi connectivity index (χ0n) is 11.2. The van der Waals surface area contributed by atoms with Crippen LogP contribution in [0.3, 0.4) is 0 Å². The lowest BCUT2D eigenvalue weighted by Crippen LogP contribution is -2.40. The first-order valence-corrected chi connectivity index (χ1v) is 5.90. The second-order valence-corrected chi connectivity index (χ2v) is 5.04. The number of carbonyl (C=O) groups is 2. The smallest absolute Gasteiger partial charge is 0.270 e. The van der Waals surface area contributed by atoms with E-state index in [-0.39, 0.29) is 17.4 Å². The minimum Gasteiger partial charge on any atom is -0.346 e. The third kappa shape index (κ3) is 4.53. The van der Waals surface area contributed by atoms with Gasteiger partial charge in [0, 0.05) is 23.8 Å². The van der Waals surface area contributed by atoms with E-state index in [0.717, 1.165) is 0 Å². The van der Waals surface area contributed by atoms with Crippen molar-refractivity contribution in [3.63, 3.8) is 0 Å². The molecule has 18 heavy (non-hydrogen) atoms. The molecule has 0 radical (unpaired) electrons. The summed E-state index contributed by atoms with van der Waals surface area (Å²) >= 11 is 0. The van der Waals surface area contributed by atoms with Crippen LogP contribution >= 0.6 is 0 Å². The van der Waals surface area contributed by atoms with E-state index in [9.17, 15) is 9.59 Å². The summed E-state index contributed by atoms with van der Waals surface area (Å²) in [7, 11) is 0. The fourth-order valence-electron chi connectivity index (χ4n) is 1.29. The fraction of sp³-hybridized carbons (Fsp3) is 0.462. The summed E-state index contributed by atoms with van der Waals surface area (Å²) in [5.41, 5.74) is 0.552. The molecule has 0 aliphatic rings. The molecule has 0 fully saturated rings. The van der Waals surface area contributed by atoms with E-state index in [0.29, 0.717) is 17.8 Å². The highest BCUT2D eigenvalue weighted by Gasteiger charge is 2.16. The largest absolute Gasteiger partial charge is 0.346 e. The molecular weight excluding hydrogens is 230 g/mol. The summed E-state index contributed by atoms with van der Waals surface area (Å²) in [5, 5.41) is 5.51. The lowest BCUT2D eigenvalue weighted by molar-refractivity contribution is -0.115. The average Bonchev–Trinajstić information content (AvgIpc) is 2.27. The molecule has 1 rings (SSSR count). The molecule has 0 unspecified atom stereocenters. The highest BCUT2D eigenvalue weighted by Crippen LogP contribution is 2.09. The van der Waals surface area contributed by atoms with Gasteiger partial charge in [0.05, 0.1) is 0 Å². The molecule has 0 aliphatic heterocycles. The van der Waals surface area contributed by atoms with Crippen molar-refractivity contribution in [3.05, 3.63) is 24.0 Å². The Morgan fingerprint density at radius 3 is 2.56 bits per heavy atom. The summed E-state index contributed by atoms with van der Waals surface area (Å²) in [6, 6.07) is 3.22. The minimum atomic E-state index is -0.318. The Bertz CT molecular complexity index is 450. The molecule has 2 amide bonds. The summed E-state index contributed by atoms with van der Waals surface area (Å²) in [5.74, 6) is -0.349. The van der Waals surface area contributed by atoms with Crippen molar-refractivity contribution in [2.75, 3.05) is 5.32 Å². The minimum absolute atomic E-state index is 0.0941. The van der Waals surface area contributed by atoms with Crippen LogP contribution in [0.15, 0.2) is 18.3 Å². The van der Waals surface area contributed by atoms with Crippen molar-refractivity contribution in [3.8, 4) is 0 Å². The number of pyridine rings is 1. The van der Waals surface area contributed by atoms with Crippen LogP contribution in [-0.4, -0.2) is 22.3 Å². The van der Waals surface area contributed by atoms with Gasteiger partial charge in [-0.2, -0.15) is 0 Å². The van der Waals surface area contributed by atoms with Crippen molar-refractivity contribution in [1.82, 2.24) is 10.3 Å². The molecule has 1 heterocycles. The van der Waals surface area contributed by atoms with Gasteiger partial charge in [0.2, 0.25) is 5.91 Å². The quantitative estimate of drug-likeness (QED) is 0.860. The first-order chi connectivity index (χ1) is 8.31. The number of aromatic nitrogens is 1. The van der Waals surface area contributed by atoms with Crippen LogP contribution < -0.4 is 10.6 Å². The number of carbonyl (C=O) groups excluding carboxylic acids is 2. The second kappa shape index (κ2) is 5.62. The van der Waals surface area contributed by atoms with E-state index in [1.165, 1.54) is 6.20 Å². The third-order valence-corrected chi connectivity index (χ3v) is 2.09. The number of anilines is 1. The molecule has 0 saturated heterocycles. The maximum Gasteiger partial charge on any atom is 0.270 e. The van der Waals surface area contributed by atoms with E-state index in [1.54, 1.807) is 19.1 Å². The molecule has 0 aliphatic carbocycles. The summed E-state index contributed by atoms with van der Waals surface area (Å²) < 4.78 is 0. The molecule has 2 N–H and O–H groups in total. The van der Waals surface area contributed by atoms with Gasteiger partial charge in [-0.3, -0.25) is 14.6 Å². The number of rotatable bonds is 3. The standard InChI is InChI=1S/C13H19N3O2/c1-5-11(17)15-9-6-7-14-10(8-9)12(18)16-13(2,3)4/h6-8H,5H2,1-4H3,(H,16,18)(H,14,15,17). The molecule has 0 atom stereocenters. The predicted octanol–water partition coefficient (Wildman–Crippen LogP) is 1.96. The zero-order valence-corrected chi connectivity index (χ0v) is 11.2. The van der Waals surface area contributed by atoms with Crippen LogP contribution in [0.1, 0.15) is 44.6 Å². The number of hydrogen-bond acceptors (Lipinski definition) is 3. The Balaban J connectivity index is 2.82. The Labute approximate surface area is 107 Å². The molecule has 0 spiro atoms. The number of nitrogens with one attached hydrogen (secondary N) is 2. The first-order valence-electron chi connectivity index (χ1n) is 5.90. The topological polar surface area (TPSA) is 71.1 Å². The zero-order chi connectivity index (χ0) is 13.8. The second-order valence-electron chi connectivity index (χ2n) is 5.04. The van der Waals surface area contributed by atoms with E-state index in [4.69, 9.17) is 0 Å². The van der Waals surface area contributed by atoms with Gasteiger partial charge < -0.3 is 10.6 Å². The van der Waals surface area contributed by atoms with Crippen LogP contribution in [0, 0.1) is 0 Å². The Kier molecular flexibility index (Phi) is 4.42. The lowest BCUT2D eigenvalue weighted by Gasteiger charge is -2.20. The molecule has 0 bridgehead atoms. The van der Waals surface area contributed by atoms with Gasteiger partial charge in [-0.1, -0.05) is 6.92 Å². The number of hydrogen-bond donors (Lipinski definition) is 2. The van der Waals surface area contributed by atoms with Gasteiger partial charge in [-0.25, -0.2) is 0 Å². The summed E-state index contributed by atoms with van der Waals surface area (Å²) in [6.07, 6.45) is 1.90. The lowest BCUT2D eigenvalue weighted by atomic mass is 10.1. The van der Waals surface area contributed by atoms with Crippen LogP contribution in [0.4, 0.5) is 5.69 Å². The predicted molar refractivity (Wildman–Crippen MR) is 70.4 cm³/mol. The van der Waals surface area contributed by atoms with Gasteiger partial charge in [0.15, 0.2) is 0 Å². The van der Waals surface area contributed by atoms with E-state index < -0.39 is 0 Å². The van der Waals surface area contributed by atoms with Gasteiger partial charge in [-0.15, -0.1) is 0 Å². The monoisotopic (exact) mass is 249 g/mol. The molecule has 5 nitrogen and oxygen atoms in total. The molecule has 0 saturated carbocycles. The van der Waals surface area contributed by atoms with E-state index in [1.807, 2.05) is 20.8 Å². The maximum absolute atomic E-state index is 11.9. The SMILES string of the molecule is CCC(=O)Nc1ccnc(C(=O)NC(C)(C)C)c1. The molecular formula is C13H19N3O2. The van der Waals surface area contributed by atoms with Gasteiger partial charge >= 0.3 is 0 Å². The average molecular weight is 249 g/mol. The normalized spacial score (nSPS) is 10.9. The van der Waals surface area contributed by atoms with Crippen molar-refractivity contribution in [1.29, 1.82) is 0 Å². The molecule has 98 valence electrons. The Morgan fingerprint density at radius 1 is 1.33 bits per heavy atom.